The summed E-state index contributed by atoms with van der Waals surface area (Å²) in [4.78, 5) is 35.8. The van der Waals surface area contributed by atoms with Gasteiger partial charge < -0.3 is 19.9 Å². The van der Waals surface area contributed by atoms with E-state index in [1.807, 2.05) is 13.8 Å². The molecule has 3 aliphatic heterocycles. The van der Waals surface area contributed by atoms with Gasteiger partial charge in [0.1, 0.15) is 17.7 Å². The first-order valence-electron chi connectivity index (χ1n) is 14.8. The summed E-state index contributed by atoms with van der Waals surface area (Å²) in [5.74, 6) is -2.16. The molecule has 1 saturated carbocycles. The highest BCUT2D eigenvalue weighted by molar-refractivity contribution is 6.13. The predicted octanol–water partition coefficient (Wildman–Crippen LogP) is 4.90. The highest BCUT2D eigenvalue weighted by atomic mass is 19.4. The average molecular weight is 624 g/mol. The van der Waals surface area contributed by atoms with Crippen molar-refractivity contribution in [1.82, 2.24) is 24.8 Å². The Morgan fingerprint density at radius 2 is 1.82 bits per heavy atom. The van der Waals surface area contributed by atoms with Crippen molar-refractivity contribution < 1.29 is 31.5 Å². The summed E-state index contributed by atoms with van der Waals surface area (Å²) in [7, 11) is 0. The standard InChI is InChI=1S/C28H34F5N9O2/c1-16(2)37-21-20-22(39-19(38-21)14-44-24(34)41-10-5-6-18(41)28(31,32)33)42(23(43)26(20)7-3-4-8-26)17-12-35-25(36-13-17)40-11-9-27(29,30)15-40/h12-13,16,18,34H,3-11,14-15H2,1-2H3,(H,37,38,39)/t18-/m1/s1. The largest absolute Gasteiger partial charge is 0.457 e. The molecule has 11 nitrogen and oxygen atoms in total. The van der Waals surface area contributed by atoms with Crippen molar-refractivity contribution in [2.75, 3.05) is 34.8 Å². The lowest BCUT2D eigenvalue weighted by Gasteiger charge is -2.27. The molecule has 0 aromatic carbocycles. The fourth-order valence-electron chi connectivity index (χ4n) is 6.70. The minimum Gasteiger partial charge on any atom is -0.457 e. The van der Waals surface area contributed by atoms with Crippen LogP contribution in [0.4, 0.5) is 45.2 Å². The lowest BCUT2D eigenvalue weighted by atomic mass is 9.80. The van der Waals surface area contributed by atoms with Gasteiger partial charge in [0, 0.05) is 25.6 Å². The normalized spacial score (nSPS) is 22.4. The maximum absolute atomic E-state index is 14.2. The topological polar surface area (TPSA) is 123 Å². The number of rotatable bonds is 6. The zero-order valence-corrected chi connectivity index (χ0v) is 24.4. The van der Waals surface area contributed by atoms with E-state index >= 15 is 0 Å². The quantitative estimate of drug-likeness (QED) is 0.263. The second-order valence-electron chi connectivity index (χ2n) is 12.2. The Labute approximate surface area is 250 Å². The highest BCUT2D eigenvalue weighted by Crippen LogP contribution is 2.55. The van der Waals surface area contributed by atoms with Crippen molar-refractivity contribution in [2.45, 2.75) is 95.0 Å². The number of nitrogens with zero attached hydrogens (tertiary/aromatic N) is 7. The van der Waals surface area contributed by atoms with Crippen LogP contribution in [0.15, 0.2) is 12.4 Å². The number of nitrogens with one attached hydrogen (secondary N) is 2. The Kier molecular flexibility index (Phi) is 7.51. The SMILES string of the molecule is CC(C)Nc1nc(COC(=N)N2CCC[C@@H]2C(F)(F)F)nc2c1C1(CCCC1)C(=O)N2c1cnc(N2CCC(F)(F)C2)nc1. The van der Waals surface area contributed by atoms with Gasteiger partial charge in [-0.15, -0.1) is 0 Å². The summed E-state index contributed by atoms with van der Waals surface area (Å²) in [5.41, 5.74) is 0.0187. The summed E-state index contributed by atoms with van der Waals surface area (Å²) in [6, 6.07) is -2.50. The van der Waals surface area contributed by atoms with E-state index in [1.165, 1.54) is 22.2 Å². The number of amidine groups is 1. The lowest BCUT2D eigenvalue weighted by Crippen LogP contribution is -2.45. The van der Waals surface area contributed by atoms with Crippen LogP contribution in [0.2, 0.25) is 0 Å². The fourth-order valence-corrected chi connectivity index (χ4v) is 6.70. The number of carbonyl (C=O) groups excluding carboxylic acids is 1. The fraction of sp³-hybridized carbons (Fsp3) is 0.643. The molecule has 1 aliphatic carbocycles. The third kappa shape index (κ3) is 5.36. The molecule has 4 aliphatic rings. The van der Waals surface area contributed by atoms with Crippen LogP contribution < -0.4 is 15.1 Å². The summed E-state index contributed by atoms with van der Waals surface area (Å²) >= 11 is 0. The number of likely N-dealkylation sites (tertiary alicyclic amines) is 1. The number of fused-ring (bicyclic) bond motifs is 2. The monoisotopic (exact) mass is 623 g/mol. The van der Waals surface area contributed by atoms with E-state index in [-0.39, 0.29) is 61.9 Å². The van der Waals surface area contributed by atoms with Crippen LogP contribution in [0.3, 0.4) is 0 Å². The van der Waals surface area contributed by atoms with Gasteiger partial charge in [0.05, 0.1) is 35.6 Å². The maximum Gasteiger partial charge on any atom is 0.408 e. The molecule has 3 fully saturated rings. The number of aromatic nitrogens is 4. The number of alkyl halides is 5. The van der Waals surface area contributed by atoms with Crippen LogP contribution in [0, 0.1) is 5.41 Å². The van der Waals surface area contributed by atoms with E-state index in [0.29, 0.717) is 29.9 Å². The van der Waals surface area contributed by atoms with E-state index in [1.54, 1.807) is 0 Å². The van der Waals surface area contributed by atoms with Gasteiger partial charge in [-0.25, -0.2) is 28.7 Å². The Morgan fingerprint density at radius 3 is 2.43 bits per heavy atom. The van der Waals surface area contributed by atoms with E-state index in [4.69, 9.17) is 10.1 Å². The number of hydrogen-bond acceptors (Lipinski definition) is 9. The summed E-state index contributed by atoms with van der Waals surface area (Å²) < 4.78 is 73.5. The molecule has 1 amide bonds. The molecule has 1 spiro atoms. The van der Waals surface area contributed by atoms with Gasteiger partial charge >= 0.3 is 6.18 Å². The number of halogens is 5. The molecule has 0 radical (unpaired) electrons. The molecule has 2 aromatic rings. The van der Waals surface area contributed by atoms with Crippen LogP contribution in [-0.2, 0) is 21.6 Å². The molecular formula is C28H34F5N9O2. The summed E-state index contributed by atoms with van der Waals surface area (Å²) in [6.07, 6.45) is 0.968. The number of carbonyl (C=O) groups is 1. The molecular weight excluding hydrogens is 589 g/mol. The first-order chi connectivity index (χ1) is 20.8. The van der Waals surface area contributed by atoms with Gasteiger partial charge in [0.25, 0.3) is 11.9 Å². The van der Waals surface area contributed by atoms with Gasteiger partial charge in [0.15, 0.2) is 12.4 Å². The average Bonchev–Trinajstić information content (AvgIpc) is 3.74. The van der Waals surface area contributed by atoms with E-state index in [0.717, 1.165) is 17.7 Å². The van der Waals surface area contributed by atoms with E-state index < -0.39 is 42.7 Å². The Bertz CT molecular complexity index is 1430. The van der Waals surface area contributed by atoms with Crippen molar-refractivity contribution in [3.63, 3.8) is 0 Å². The molecule has 16 heteroatoms. The third-order valence-electron chi connectivity index (χ3n) is 8.69. The summed E-state index contributed by atoms with van der Waals surface area (Å²) in [6.45, 7) is 3.10. The molecule has 0 bridgehead atoms. The zero-order valence-electron chi connectivity index (χ0n) is 24.4. The van der Waals surface area contributed by atoms with Crippen LogP contribution in [-0.4, -0.2) is 80.6 Å². The highest BCUT2D eigenvalue weighted by Gasteiger charge is 2.56. The Balaban J connectivity index is 1.34. The van der Waals surface area contributed by atoms with Crippen molar-refractivity contribution >= 4 is 35.2 Å². The minimum atomic E-state index is -4.49. The number of anilines is 4. The van der Waals surface area contributed by atoms with Gasteiger partial charge in [-0.3, -0.25) is 15.1 Å². The minimum absolute atomic E-state index is 0.0457. The van der Waals surface area contributed by atoms with Crippen LogP contribution in [0.1, 0.15) is 70.2 Å². The predicted molar refractivity (Wildman–Crippen MR) is 150 cm³/mol. The second-order valence-corrected chi connectivity index (χ2v) is 12.2. The van der Waals surface area contributed by atoms with Crippen molar-refractivity contribution in [3.8, 4) is 0 Å². The number of hydrogen-bond donors (Lipinski definition) is 2. The van der Waals surface area contributed by atoms with Crippen molar-refractivity contribution in [1.29, 1.82) is 5.41 Å². The van der Waals surface area contributed by atoms with Crippen LogP contribution >= 0.6 is 0 Å². The van der Waals surface area contributed by atoms with Crippen LogP contribution in [0.5, 0.6) is 0 Å². The Hall–Kier alpha value is -3.85. The summed E-state index contributed by atoms with van der Waals surface area (Å²) in [5, 5.41) is 11.5. The lowest BCUT2D eigenvalue weighted by molar-refractivity contribution is -0.169. The van der Waals surface area contributed by atoms with E-state index in [9.17, 15) is 26.7 Å². The Morgan fingerprint density at radius 1 is 1.11 bits per heavy atom. The first-order valence-corrected chi connectivity index (χ1v) is 14.8. The molecule has 5 heterocycles. The third-order valence-corrected chi connectivity index (χ3v) is 8.69. The molecule has 44 heavy (non-hydrogen) atoms. The van der Waals surface area contributed by atoms with Gasteiger partial charge in [-0.1, -0.05) is 12.8 Å². The van der Waals surface area contributed by atoms with E-state index in [2.05, 4.69) is 25.3 Å². The molecule has 1 atom stereocenters. The molecule has 2 aromatic heterocycles. The first kappa shape index (κ1) is 30.2. The smallest absolute Gasteiger partial charge is 0.408 e. The molecule has 6 rings (SSSR count). The number of amides is 1. The molecule has 0 unspecified atom stereocenters. The van der Waals surface area contributed by atoms with Gasteiger partial charge in [-0.2, -0.15) is 13.2 Å². The molecule has 2 saturated heterocycles. The zero-order chi connectivity index (χ0) is 31.4. The van der Waals surface area contributed by atoms with Gasteiger partial charge in [-0.05, 0) is 39.5 Å². The van der Waals surface area contributed by atoms with Gasteiger partial charge in [0.2, 0.25) is 11.9 Å². The van der Waals surface area contributed by atoms with Crippen molar-refractivity contribution in [3.05, 3.63) is 23.8 Å². The van der Waals surface area contributed by atoms with Crippen molar-refractivity contribution in [2.24, 2.45) is 0 Å². The van der Waals surface area contributed by atoms with Crippen LogP contribution in [0.25, 0.3) is 0 Å². The second kappa shape index (κ2) is 10.9. The molecule has 2 N–H and O–H groups in total. The number of ether oxygens (including phenoxy) is 1. The molecule has 238 valence electrons. The maximum atomic E-state index is 14.2.